The topological polar surface area (TPSA) is 95.9 Å². The van der Waals surface area contributed by atoms with Crippen molar-refractivity contribution in [1.82, 2.24) is 15.0 Å². The van der Waals surface area contributed by atoms with Crippen molar-refractivity contribution in [3.8, 4) is 11.3 Å². The molecule has 3 aromatic rings. The highest BCUT2D eigenvalue weighted by molar-refractivity contribution is 5.88. The third kappa shape index (κ3) is 2.85. The number of aryl methyl sites for hydroxylation is 1. The molecule has 2 N–H and O–H groups in total. The number of nitrogens with zero attached hydrogens (tertiary/aromatic N) is 2. The second-order valence-electron chi connectivity index (χ2n) is 4.85. The summed E-state index contributed by atoms with van der Waals surface area (Å²) in [4.78, 5) is 33.5. The summed E-state index contributed by atoms with van der Waals surface area (Å²) in [7, 11) is 0. The number of carboxylic acid groups (broad SMARTS) is 1. The fourth-order valence-electron chi connectivity index (χ4n) is 2.25. The molecule has 0 spiro atoms. The van der Waals surface area contributed by atoms with Crippen LogP contribution < -0.4 is 5.69 Å². The van der Waals surface area contributed by atoms with Crippen LogP contribution in [0.3, 0.4) is 0 Å². The Morgan fingerprint density at radius 3 is 2.59 bits per heavy atom. The van der Waals surface area contributed by atoms with Crippen molar-refractivity contribution in [3.63, 3.8) is 0 Å². The van der Waals surface area contributed by atoms with E-state index in [4.69, 9.17) is 5.11 Å². The Balaban J connectivity index is 2.15. The minimum atomic E-state index is -0.871. The predicted octanol–water partition coefficient (Wildman–Crippen LogP) is 2.00. The Hall–Kier alpha value is -3.02. The number of carbonyl (C=O) groups is 1. The molecule has 0 radical (unpaired) electrons. The number of hydrogen-bond acceptors (Lipinski definition) is 4. The van der Waals surface area contributed by atoms with Crippen LogP contribution in [0.15, 0.2) is 47.3 Å². The summed E-state index contributed by atoms with van der Waals surface area (Å²) < 4.78 is 0. The Bertz CT molecular complexity index is 888. The van der Waals surface area contributed by atoms with Crippen LogP contribution in [-0.4, -0.2) is 26.0 Å². The molecule has 22 heavy (non-hydrogen) atoms. The van der Waals surface area contributed by atoms with Crippen molar-refractivity contribution in [3.05, 3.63) is 58.6 Å². The lowest BCUT2D eigenvalue weighted by molar-refractivity contribution is -0.136. The zero-order valence-corrected chi connectivity index (χ0v) is 11.6. The van der Waals surface area contributed by atoms with Crippen molar-refractivity contribution in [2.24, 2.45) is 0 Å². The van der Waals surface area contributed by atoms with Crippen LogP contribution in [0.2, 0.25) is 0 Å². The van der Waals surface area contributed by atoms with Crippen molar-refractivity contribution >= 4 is 17.0 Å². The number of aromatic nitrogens is 3. The van der Waals surface area contributed by atoms with Crippen LogP contribution in [-0.2, 0) is 11.2 Å². The largest absolute Gasteiger partial charge is 0.481 e. The summed E-state index contributed by atoms with van der Waals surface area (Å²) in [5.74, 6) is -0.871. The van der Waals surface area contributed by atoms with E-state index in [1.54, 1.807) is 12.1 Å². The Morgan fingerprint density at radius 2 is 1.86 bits per heavy atom. The summed E-state index contributed by atoms with van der Waals surface area (Å²) in [5, 5.41) is 8.77. The molecule has 1 aromatic carbocycles. The van der Waals surface area contributed by atoms with Crippen LogP contribution >= 0.6 is 0 Å². The summed E-state index contributed by atoms with van der Waals surface area (Å²) in [6, 6.07) is 12.8. The van der Waals surface area contributed by atoms with Gasteiger partial charge in [-0.15, -0.1) is 0 Å². The van der Waals surface area contributed by atoms with Gasteiger partial charge in [-0.2, -0.15) is 4.98 Å². The maximum Gasteiger partial charge on any atom is 0.346 e. The van der Waals surface area contributed by atoms with Crippen LogP contribution in [0.4, 0.5) is 0 Å². The van der Waals surface area contributed by atoms with Gasteiger partial charge in [0.1, 0.15) is 11.2 Å². The minimum Gasteiger partial charge on any atom is -0.481 e. The first kappa shape index (κ1) is 13.9. The zero-order valence-electron chi connectivity index (χ0n) is 11.6. The fourth-order valence-corrected chi connectivity index (χ4v) is 2.25. The van der Waals surface area contributed by atoms with Gasteiger partial charge in [-0.3, -0.25) is 4.79 Å². The highest BCUT2D eigenvalue weighted by Crippen LogP contribution is 2.22. The number of aromatic amines is 1. The molecule has 0 aliphatic heterocycles. The maximum absolute atomic E-state index is 11.7. The minimum absolute atomic E-state index is 0.00988. The molecule has 3 rings (SSSR count). The lowest BCUT2D eigenvalue weighted by Crippen LogP contribution is -2.12. The fraction of sp³-hybridized carbons (Fsp3) is 0.125. The Morgan fingerprint density at radius 1 is 1.09 bits per heavy atom. The second-order valence-corrected chi connectivity index (χ2v) is 4.85. The molecule has 0 fully saturated rings. The number of aliphatic carboxylic acids is 1. The summed E-state index contributed by atoms with van der Waals surface area (Å²) in [6.45, 7) is 0. The van der Waals surface area contributed by atoms with Crippen LogP contribution in [0, 0.1) is 0 Å². The van der Waals surface area contributed by atoms with Gasteiger partial charge >= 0.3 is 11.7 Å². The van der Waals surface area contributed by atoms with Crippen LogP contribution in [0.25, 0.3) is 22.3 Å². The molecule has 0 aliphatic rings. The van der Waals surface area contributed by atoms with Gasteiger partial charge in [0.2, 0.25) is 0 Å². The molecular formula is C16H13N3O3. The number of benzene rings is 1. The molecule has 6 nitrogen and oxygen atoms in total. The Kier molecular flexibility index (Phi) is 3.65. The van der Waals surface area contributed by atoms with E-state index < -0.39 is 11.7 Å². The average molecular weight is 295 g/mol. The lowest BCUT2D eigenvalue weighted by atomic mass is 10.1. The van der Waals surface area contributed by atoms with E-state index in [0.29, 0.717) is 28.8 Å². The van der Waals surface area contributed by atoms with E-state index in [0.717, 1.165) is 5.56 Å². The molecule has 6 heteroatoms. The molecule has 0 bridgehead atoms. The number of pyridine rings is 1. The normalized spacial score (nSPS) is 10.7. The monoisotopic (exact) mass is 295 g/mol. The molecule has 0 saturated heterocycles. The summed E-state index contributed by atoms with van der Waals surface area (Å²) in [5.41, 5.74) is 2.65. The standard InChI is InChI=1S/C16H13N3O3/c20-13(21)9-7-11-6-8-12-15(17-11)14(19-16(22)18-12)10-4-2-1-3-5-10/h1-6,8H,7,9H2,(H,20,21)(H,18,19,22). The molecule has 0 saturated carbocycles. The summed E-state index contributed by atoms with van der Waals surface area (Å²) >= 11 is 0. The lowest BCUT2D eigenvalue weighted by Gasteiger charge is -2.06. The van der Waals surface area contributed by atoms with Crippen LogP contribution in [0.5, 0.6) is 0 Å². The van der Waals surface area contributed by atoms with E-state index >= 15 is 0 Å². The molecule has 0 unspecified atom stereocenters. The van der Waals surface area contributed by atoms with E-state index in [2.05, 4.69) is 15.0 Å². The molecule has 110 valence electrons. The van der Waals surface area contributed by atoms with Gasteiger partial charge in [0.25, 0.3) is 0 Å². The number of fused-ring (bicyclic) bond motifs is 1. The smallest absolute Gasteiger partial charge is 0.346 e. The third-order valence-corrected chi connectivity index (χ3v) is 3.27. The number of rotatable bonds is 4. The highest BCUT2D eigenvalue weighted by atomic mass is 16.4. The van der Waals surface area contributed by atoms with Gasteiger partial charge in [-0.1, -0.05) is 30.3 Å². The average Bonchev–Trinajstić information content (AvgIpc) is 2.53. The number of H-pyrrole nitrogens is 1. The SMILES string of the molecule is O=C(O)CCc1ccc2[nH]c(=O)nc(-c3ccccc3)c2n1. The second kappa shape index (κ2) is 5.77. The molecule has 2 heterocycles. The van der Waals surface area contributed by atoms with E-state index in [1.165, 1.54) is 0 Å². The van der Waals surface area contributed by atoms with Gasteiger partial charge in [-0.05, 0) is 12.1 Å². The van der Waals surface area contributed by atoms with E-state index in [1.807, 2.05) is 30.3 Å². The van der Waals surface area contributed by atoms with Crippen molar-refractivity contribution in [2.75, 3.05) is 0 Å². The first-order valence-corrected chi connectivity index (χ1v) is 6.80. The van der Waals surface area contributed by atoms with Gasteiger partial charge < -0.3 is 10.1 Å². The van der Waals surface area contributed by atoms with Gasteiger partial charge in [0.15, 0.2) is 0 Å². The molecule has 2 aromatic heterocycles. The first-order chi connectivity index (χ1) is 10.6. The highest BCUT2D eigenvalue weighted by Gasteiger charge is 2.10. The number of hydrogen-bond donors (Lipinski definition) is 2. The molecule has 0 amide bonds. The first-order valence-electron chi connectivity index (χ1n) is 6.80. The molecule has 0 atom stereocenters. The van der Waals surface area contributed by atoms with Crippen molar-refractivity contribution in [2.45, 2.75) is 12.8 Å². The Labute approximate surface area is 125 Å². The van der Waals surface area contributed by atoms with E-state index in [9.17, 15) is 9.59 Å². The van der Waals surface area contributed by atoms with E-state index in [-0.39, 0.29) is 6.42 Å². The van der Waals surface area contributed by atoms with Gasteiger partial charge in [-0.25, -0.2) is 9.78 Å². The summed E-state index contributed by atoms with van der Waals surface area (Å²) in [6.07, 6.45) is 0.342. The van der Waals surface area contributed by atoms with Crippen LogP contribution in [0.1, 0.15) is 12.1 Å². The third-order valence-electron chi connectivity index (χ3n) is 3.27. The molecule has 0 aliphatic carbocycles. The van der Waals surface area contributed by atoms with Crippen molar-refractivity contribution < 1.29 is 9.90 Å². The zero-order chi connectivity index (χ0) is 15.5. The van der Waals surface area contributed by atoms with Crippen molar-refractivity contribution in [1.29, 1.82) is 0 Å². The number of nitrogens with one attached hydrogen (secondary N) is 1. The predicted molar refractivity (Wildman–Crippen MR) is 81.6 cm³/mol. The van der Waals surface area contributed by atoms with Gasteiger partial charge in [0.05, 0.1) is 11.9 Å². The quantitative estimate of drug-likeness (QED) is 0.767. The molecular weight excluding hydrogens is 282 g/mol. The number of carboxylic acids is 1. The van der Waals surface area contributed by atoms with Gasteiger partial charge in [0, 0.05) is 17.7 Å². The maximum atomic E-state index is 11.7.